The van der Waals surface area contributed by atoms with E-state index in [1.807, 2.05) is 31.2 Å². The van der Waals surface area contributed by atoms with Crippen LogP contribution in [0.2, 0.25) is 0 Å². The van der Waals surface area contributed by atoms with Crippen LogP contribution in [0.3, 0.4) is 0 Å². The standard InChI is InChI=1S/C14H13N5O2/c1-2-20-10-6-4-3-5-9(10)13-18-19-14(21-13)11-12(15)17-8-7-16-11/h3-8H,2H2,1H3,(H2,15,17). The zero-order valence-corrected chi connectivity index (χ0v) is 11.4. The molecule has 0 saturated carbocycles. The van der Waals surface area contributed by atoms with Gasteiger partial charge in [-0.1, -0.05) is 12.1 Å². The molecule has 7 heteroatoms. The molecule has 2 heterocycles. The number of nitrogen functional groups attached to an aromatic ring is 1. The van der Waals surface area contributed by atoms with Crippen molar-refractivity contribution in [1.82, 2.24) is 20.2 Å². The van der Waals surface area contributed by atoms with E-state index in [0.29, 0.717) is 23.9 Å². The lowest BCUT2D eigenvalue weighted by atomic mass is 10.2. The number of nitrogens with two attached hydrogens (primary N) is 1. The van der Waals surface area contributed by atoms with E-state index in [4.69, 9.17) is 14.9 Å². The number of hydrogen-bond acceptors (Lipinski definition) is 7. The summed E-state index contributed by atoms with van der Waals surface area (Å²) in [5.41, 5.74) is 6.84. The van der Waals surface area contributed by atoms with E-state index in [0.717, 1.165) is 5.56 Å². The third-order valence-electron chi connectivity index (χ3n) is 2.77. The minimum absolute atomic E-state index is 0.224. The molecular formula is C14H13N5O2. The van der Waals surface area contributed by atoms with Gasteiger partial charge in [0.1, 0.15) is 5.75 Å². The first-order valence-electron chi connectivity index (χ1n) is 6.42. The summed E-state index contributed by atoms with van der Waals surface area (Å²) < 4.78 is 11.2. The fraction of sp³-hybridized carbons (Fsp3) is 0.143. The normalized spacial score (nSPS) is 10.5. The monoisotopic (exact) mass is 283 g/mol. The summed E-state index contributed by atoms with van der Waals surface area (Å²) in [7, 11) is 0. The Kier molecular flexibility index (Phi) is 3.46. The third kappa shape index (κ3) is 2.53. The van der Waals surface area contributed by atoms with E-state index in [9.17, 15) is 0 Å². The van der Waals surface area contributed by atoms with Crippen LogP contribution in [0.25, 0.3) is 23.0 Å². The number of ether oxygens (including phenoxy) is 1. The summed E-state index contributed by atoms with van der Waals surface area (Å²) >= 11 is 0. The van der Waals surface area contributed by atoms with Crippen LogP contribution >= 0.6 is 0 Å². The van der Waals surface area contributed by atoms with Gasteiger partial charge in [-0.15, -0.1) is 10.2 Å². The van der Waals surface area contributed by atoms with Gasteiger partial charge in [0.2, 0.25) is 0 Å². The summed E-state index contributed by atoms with van der Waals surface area (Å²) in [6, 6.07) is 7.45. The molecule has 0 aliphatic carbocycles. The largest absolute Gasteiger partial charge is 0.493 e. The lowest BCUT2D eigenvalue weighted by molar-refractivity contribution is 0.340. The molecular weight excluding hydrogens is 270 g/mol. The maximum Gasteiger partial charge on any atom is 0.270 e. The molecule has 0 unspecified atom stereocenters. The van der Waals surface area contributed by atoms with E-state index in [1.54, 1.807) is 0 Å². The average Bonchev–Trinajstić information content (AvgIpc) is 2.98. The van der Waals surface area contributed by atoms with E-state index in [1.165, 1.54) is 12.4 Å². The zero-order chi connectivity index (χ0) is 14.7. The van der Waals surface area contributed by atoms with Crippen molar-refractivity contribution in [1.29, 1.82) is 0 Å². The van der Waals surface area contributed by atoms with Crippen LogP contribution in [0.4, 0.5) is 5.82 Å². The van der Waals surface area contributed by atoms with Gasteiger partial charge in [0.25, 0.3) is 11.8 Å². The lowest BCUT2D eigenvalue weighted by Gasteiger charge is -2.06. The van der Waals surface area contributed by atoms with Crippen LogP contribution in [-0.4, -0.2) is 26.8 Å². The highest BCUT2D eigenvalue weighted by molar-refractivity contribution is 5.66. The molecule has 2 N–H and O–H groups in total. The minimum Gasteiger partial charge on any atom is -0.493 e. The molecule has 0 spiro atoms. The number of hydrogen-bond donors (Lipinski definition) is 1. The molecule has 7 nitrogen and oxygen atoms in total. The maximum atomic E-state index is 5.75. The Morgan fingerprint density at radius 3 is 2.67 bits per heavy atom. The molecule has 2 aromatic heterocycles. The van der Waals surface area contributed by atoms with Gasteiger partial charge in [0.05, 0.1) is 12.2 Å². The highest BCUT2D eigenvalue weighted by Gasteiger charge is 2.17. The van der Waals surface area contributed by atoms with Gasteiger partial charge in [-0.25, -0.2) is 9.97 Å². The first-order chi connectivity index (χ1) is 10.3. The molecule has 106 valence electrons. The van der Waals surface area contributed by atoms with Crippen LogP contribution in [0.1, 0.15) is 6.92 Å². The molecule has 0 fully saturated rings. The molecule has 0 radical (unpaired) electrons. The van der Waals surface area contributed by atoms with Gasteiger partial charge < -0.3 is 14.9 Å². The predicted octanol–water partition coefficient (Wildman–Crippen LogP) is 2.17. The quantitative estimate of drug-likeness (QED) is 0.783. The Hall–Kier alpha value is -2.96. The van der Waals surface area contributed by atoms with Crippen molar-refractivity contribution in [2.75, 3.05) is 12.3 Å². The second-order valence-electron chi connectivity index (χ2n) is 4.13. The van der Waals surface area contributed by atoms with Crippen molar-refractivity contribution in [3.8, 4) is 28.8 Å². The molecule has 3 aromatic rings. The van der Waals surface area contributed by atoms with Crippen molar-refractivity contribution in [3.63, 3.8) is 0 Å². The summed E-state index contributed by atoms with van der Waals surface area (Å²) in [5, 5.41) is 8.00. The topological polar surface area (TPSA) is 100.0 Å². The van der Waals surface area contributed by atoms with E-state index in [2.05, 4.69) is 20.2 Å². The summed E-state index contributed by atoms with van der Waals surface area (Å²) in [6.07, 6.45) is 3.02. The minimum atomic E-state index is 0.224. The second kappa shape index (κ2) is 5.58. The first kappa shape index (κ1) is 13.0. The third-order valence-corrected chi connectivity index (χ3v) is 2.77. The molecule has 0 atom stereocenters. The maximum absolute atomic E-state index is 5.75. The number of nitrogens with zero attached hydrogens (tertiary/aromatic N) is 4. The number of aromatic nitrogens is 4. The van der Waals surface area contributed by atoms with Gasteiger partial charge in [-0.2, -0.15) is 0 Å². The summed E-state index contributed by atoms with van der Waals surface area (Å²) in [6.45, 7) is 2.46. The van der Waals surface area contributed by atoms with Gasteiger partial charge >= 0.3 is 0 Å². The van der Waals surface area contributed by atoms with Crippen LogP contribution < -0.4 is 10.5 Å². The van der Waals surface area contributed by atoms with Gasteiger partial charge in [-0.3, -0.25) is 0 Å². The number of benzene rings is 1. The van der Waals surface area contributed by atoms with Crippen LogP contribution in [-0.2, 0) is 0 Å². The van der Waals surface area contributed by atoms with E-state index >= 15 is 0 Å². The number of rotatable bonds is 4. The zero-order valence-electron chi connectivity index (χ0n) is 11.4. The highest BCUT2D eigenvalue weighted by atomic mass is 16.5. The average molecular weight is 283 g/mol. The number of anilines is 1. The smallest absolute Gasteiger partial charge is 0.270 e. The van der Waals surface area contributed by atoms with Crippen molar-refractivity contribution in [2.45, 2.75) is 6.92 Å². The summed E-state index contributed by atoms with van der Waals surface area (Å²) in [4.78, 5) is 8.05. The van der Waals surface area contributed by atoms with Crippen molar-refractivity contribution in [2.24, 2.45) is 0 Å². The Balaban J connectivity index is 2.01. The molecule has 21 heavy (non-hydrogen) atoms. The van der Waals surface area contributed by atoms with Gasteiger partial charge in [0, 0.05) is 12.4 Å². The molecule has 1 aromatic carbocycles. The van der Waals surface area contributed by atoms with Crippen molar-refractivity contribution in [3.05, 3.63) is 36.7 Å². The van der Waals surface area contributed by atoms with E-state index < -0.39 is 0 Å². The van der Waals surface area contributed by atoms with Gasteiger partial charge in [0.15, 0.2) is 11.5 Å². The van der Waals surface area contributed by atoms with Gasteiger partial charge in [-0.05, 0) is 19.1 Å². The Labute approximate surface area is 120 Å². The highest BCUT2D eigenvalue weighted by Crippen LogP contribution is 2.31. The van der Waals surface area contributed by atoms with Crippen LogP contribution in [0.5, 0.6) is 5.75 Å². The van der Waals surface area contributed by atoms with Crippen LogP contribution in [0, 0.1) is 0 Å². The Morgan fingerprint density at radius 2 is 1.86 bits per heavy atom. The molecule has 0 saturated heterocycles. The number of para-hydroxylation sites is 1. The Morgan fingerprint density at radius 1 is 1.10 bits per heavy atom. The molecule has 0 bridgehead atoms. The fourth-order valence-electron chi connectivity index (χ4n) is 1.87. The second-order valence-corrected chi connectivity index (χ2v) is 4.13. The van der Waals surface area contributed by atoms with Crippen LogP contribution in [0.15, 0.2) is 41.1 Å². The van der Waals surface area contributed by atoms with Crippen molar-refractivity contribution < 1.29 is 9.15 Å². The molecule has 0 amide bonds. The van der Waals surface area contributed by atoms with Crippen molar-refractivity contribution >= 4 is 5.82 Å². The molecule has 0 aliphatic rings. The summed E-state index contributed by atoms with van der Waals surface area (Å²) in [5.74, 6) is 1.49. The van der Waals surface area contributed by atoms with E-state index in [-0.39, 0.29) is 11.7 Å². The SMILES string of the molecule is CCOc1ccccc1-c1nnc(-c2nccnc2N)o1. The first-order valence-corrected chi connectivity index (χ1v) is 6.42. The molecule has 0 aliphatic heterocycles. The predicted molar refractivity (Wildman–Crippen MR) is 76.3 cm³/mol. The molecule has 3 rings (SSSR count). The fourth-order valence-corrected chi connectivity index (χ4v) is 1.87. The lowest BCUT2D eigenvalue weighted by Crippen LogP contribution is -1.95. The Bertz CT molecular complexity index is 756.